The molecule has 1 saturated heterocycles. The molecule has 0 bridgehead atoms. The van der Waals surface area contributed by atoms with Gasteiger partial charge in [0.25, 0.3) is 5.91 Å². The second kappa shape index (κ2) is 4.81. The van der Waals surface area contributed by atoms with E-state index in [1.165, 1.54) is 0 Å². The summed E-state index contributed by atoms with van der Waals surface area (Å²) in [5.74, 6) is -0.0113. The lowest BCUT2D eigenvalue weighted by Crippen LogP contribution is -2.43. The molecule has 1 amide bonds. The molecule has 18 heavy (non-hydrogen) atoms. The van der Waals surface area contributed by atoms with Crippen LogP contribution in [-0.4, -0.2) is 23.9 Å². The Hall–Kier alpha value is -1.22. The largest absolute Gasteiger partial charge is 0.398 e. The quantitative estimate of drug-likeness (QED) is 0.794. The molecule has 0 atom stereocenters. The number of nitrogens with zero attached hydrogens (tertiary/aromatic N) is 1. The average molecular weight is 267 g/mol. The average Bonchev–Trinajstić information content (AvgIpc) is 2.30. The third-order valence-electron chi connectivity index (χ3n) is 3.43. The van der Waals surface area contributed by atoms with Crippen molar-refractivity contribution in [1.82, 2.24) is 4.90 Å². The maximum absolute atomic E-state index is 12.4. The van der Waals surface area contributed by atoms with Crippen LogP contribution in [-0.2, 0) is 0 Å². The minimum absolute atomic E-state index is 0.0113. The number of amides is 1. The van der Waals surface area contributed by atoms with Crippen molar-refractivity contribution in [1.29, 1.82) is 0 Å². The monoisotopic (exact) mass is 266 g/mol. The van der Waals surface area contributed by atoms with E-state index in [0.717, 1.165) is 25.9 Å². The molecule has 0 unspecified atom stereocenters. The van der Waals surface area contributed by atoms with E-state index in [2.05, 4.69) is 13.8 Å². The number of likely N-dealkylation sites (tertiary alicyclic amines) is 1. The van der Waals surface area contributed by atoms with Crippen LogP contribution < -0.4 is 5.73 Å². The number of anilines is 1. The van der Waals surface area contributed by atoms with Gasteiger partial charge in [0.2, 0.25) is 0 Å². The van der Waals surface area contributed by atoms with Crippen LogP contribution in [0.4, 0.5) is 5.69 Å². The van der Waals surface area contributed by atoms with E-state index in [1.54, 1.807) is 18.2 Å². The van der Waals surface area contributed by atoms with E-state index in [0.29, 0.717) is 16.3 Å². The maximum Gasteiger partial charge on any atom is 0.256 e. The van der Waals surface area contributed by atoms with Crippen LogP contribution in [0, 0.1) is 5.41 Å². The van der Waals surface area contributed by atoms with E-state index in [1.807, 2.05) is 4.90 Å². The standard InChI is InChI=1S/C14H19ClN2O/c1-14(2)6-3-7-17(9-14)13(18)11-8-10(15)4-5-12(11)16/h4-5,8H,3,6-7,9,16H2,1-2H3. The van der Waals surface area contributed by atoms with Gasteiger partial charge in [0.15, 0.2) is 0 Å². The predicted molar refractivity (Wildman–Crippen MR) is 74.8 cm³/mol. The van der Waals surface area contributed by atoms with Gasteiger partial charge in [0, 0.05) is 23.8 Å². The van der Waals surface area contributed by atoms with E-state index < -0.39 is 0 Å². The molecule has 0 saturated carbocycles. The first kappa shape index (κ1) is 13.2. The van der Waals surface area contributed by atoms with Crippen LogP contribution in [0.2, 0.25) is 5.02 Å². The van der Waals surface area contributed by atoms with Gasteiger partial charge in [-0.25, -0.2) is 0 Å². The topological polar surface area (TPSA) is 46.3 Å². The van der Waals surface area contributed by atoms with Gasteiger partial charge in [-0.2, -0.15) is 0 Å². The molecule has 0 spiro atoms. The highest BCUT2D eigenvalue weighted by atomic mass is 35.5. The van der Waals surface area contributed by atoms with Crippen molar-refractivity contribution in [3.63, 3.8) is 0 Å². The molecule has 1 aliphatic heterocycles. The zero-order chi connectivity index (χ0) is 13.3. The molecular formula is C14H19ClN2O. The second-order valence-electron chi connectivity index (χ2n) is 5.73. The minimum Gasteiger partial charge on any atom is -0.398 e. The number of carbonyl (C=O) groups excluding carboxylic acids is 1. The van der Waals surface area contributed by atoms with E-state index in [9.17, 15) is 4.79 Å². The molecule has 1 heterocycles. The Bertz CT molecular complexity index is 471. The molecule has 3 nitrogen and oxygen atoms in total. The lowest BCUT2D eigenvalue weighted by atomic mass is 9.84. The van der Waals surface area contributed by atoms with Gasteiger partial charge in [-0.05, 0) is 36.5 Å². The van der Waals surface area contributed by atoms with Crippen LogP contribution in [0.3, 0.4) is 0 Å². The Morgan fingerprint density at radius 3 is 2.83 bits per heavy atom. The SMILES string of the molecule is CC1(C)CCCN(C(=O)c2cc(Cl)ccc2N)C1. The van der Waals surface area contributed by atoms with Gasteiger partial charge < -0.3 is 10.6 Å². The van der Waals surface area contributed by atoms with Crippen LogP contribution in [0.25, 0.3) is 0 Å². The Morgan fingerprint density at radius 2 is 2.17 bits per heavy atom. The van der Waals surface area contributed by atoms with Crippen molar-refractivity contribution in [3.05, 3.63) is 28.8 Å². The molecule has 2 N–H and O–H groups in total. The maximum atomic E-state index is 12.4. The fourth-order valence-corrected chi connectivity index (χ4v) is 2.65. The number of nitrogen functional groups attached to an aromatic ring is 1. The summed E-state index contributed by atoms with van der Waals surface area (Å²) in [6, 6.07) is 5.04. The molecular weight excluding hydrogens is 248 g/mol. The van der Waals surface area contributed by atoms with Crippen molar-refractivity contribution in [3.8, 4) is 0 Å². The number of hydrogen-bond acceptors (Lipinski definition) is 2. The lowest BCUT2D eigenvalue weighted by molar-refractivity contribution is 0.0584. The first-order chi connectivity index (χ1) is 8.39. The third-order valence-corrected chi connectivity index (χ3v) is 3.67. The smallest absolute Gasteiger partial charge is 0.256 e. The molecule has 1 aliphatic rings. The summed E-state index contributed by atoms with van der Waals surface area (Å²) in [5, 5.41) is 0.545. The normalized spacial score (nSPS) is 18.7. The fourth-order valence-electron chi connectivity index (χ4n) is 2.48. The number of nitrogens with two attached hydrogens (primary N) is 1. The molecule has 4 heteroatoms. The summed E-state index contributed by atoms with van der Waals surface area (Å²) >= 11 is 5.93. The van der Waals surface area contributed by atoms with Crippen LogP contribution in [0.1, 0.15) is 37.0 Å². The number of benzene rings is 1. The van der Waals surface area contributed by atoms with Crippen LogP contribution >= 0.6 is 11.6 Å². The summed E-state index contributed by atoms with van der Waals surface area (Å²) in [5.41, 5.74) is 7.05. The number of rotatable bonds is 1. The molecule has 0 aromatic heterocycles. The summed E-state index contributed by atoms with van der Waals surface area (Å²) < 4.78 is 0. The van der Waals surface area contributed by atoms with E-state index in [4.69, 9.17) is 17.3 Å². The highest BCUT2D eigenvalue weighted by Crippen LogP contribution is 2.30. The second-order valence-corrected chi connectivity index (χ2v) is 6.16. The van der Waals surface area contributed by atoms with Gasteiger partial charge in [-0.15, -0.1) is 0 Å². The predicted octanol–water partition coefficient (Wildman–Crippen LogP) is 3.18. The summed E-state index contributed by atoms with van der Waals surface area (Å²) in [6.07, 6.45) is 2.20. The molecule has 2 rings (SSSR count). The van der Waals surface area contributed by atoms with Crippen LogP contribution in [0.15, 0.2) is 18.2 Å². The number of halogens is 1. The number of carbonyl (C=O) groups is 1. The van der Waals surface area contributed by atoms with Crippen LogP contribution in [0.5, 0.6) is 0 Å². The Morgan fingerprint density at radius 1 is 1.44 bits per heavy atom. The fraction of sp³-hybridized carbons (Fsp3) is 0.500. The summed E-state index contributed by atoms with van der Waals surface area (Å²) in [6.45, 7) is 5.95. The number of piperidine rings is 1. The molecule has 0 radical (unpaired) electrons. The van der Waals surface area contributed by atoms with Crippen molar-refractivity contribution in [2.75, 3.05) is 18.8 Å². The van der Waals surface area contributed by atoms with E-state index in [-0.39, 0.29) is 11.3 Å². The third kappa shape index (κ3) is 2.78. The first-order valence-corrected chi connectivity index (χ1v) is 6.61. The molecule has 1 aromatic rings. The van der Waals surface area contributed by atoms with Gasteiger partial charge in [0.1, 0.15) is 0 Å². The van der Waals surface area contributed by atoms with Crippen molar-refractivity contribution >= 4 is 23.2 Å². The highest BCUT2D eigenvalue weighted by Gasteiger charge is 2.30. The lowest BCUT2D eigenvalue weighted by Gasteiger charge is -2.38. The number of hydrogen-bond donors (Lipinski definition) is 1. The Kier molecular flexibility index (Phi) is 3.53. The zero-order valence-electron chi connectivity index (χ0n) is 10.9. The van der Waals surface area contributed by atoms with E-state index >= 15 is 0 Å². The van der Waals surface area contributed by atoms with Gasteiger partial charge in [-0.3, -0.25) is 4.79 Å². The molecule has 1 fully saturated rings. The molecule has 0 aliphatic carbocycles. The van der Waals surface area contributed by atoms with Crippen molar-refractivity contribution in [2.24, 2.45) is 5.41 Å². The molecule has 1 aromatic carbocycles. The zero-order valence-corrected chi connectivity index (χ0v) is 11.6. The highest BCUT2D eigenvalue weighted by molar-refractivity contribution is 6.31. The summed E-state index contributed by atoms with van der Waals surface area (Å²) in [4.78, 5) is 14.3. The van der Waals surface area contributed by atoms with Crippen molar-refractivity contribution < 1.29 is 4.79 Å². The Labute approximate surface area is 113 Å². The minimum atomic E-state index is -0.0113. The van der Waals surface area contributed by atoms with Gasteiger partial charge in [0.05, 0.1) is 5.56 Å². The van der Waals surface area contributed by atoms with Gasteiger partial charge in [-0.1, -0.05) is 25.4 Å². The Balaban J connectivity index is 2.23. The summed E-state index contributed by atoms with van der Waals surface area (Å²) in [7, 11) is 0. The van der Waals surface area contributed by atoms with Gasteiger partial charge >= 0.3 is 0 Å². The molecule has 98 valence electrons. The van der Waals surface area contributed by atoms with Crippen molar-refractivity contribution in [2.45, 2.75) is 26.7 Å². The first-order valence-electron chi connectivity index (χ1n) is 6.23.